The predicted octanol–water partition coefficient (Wildman–Crippen LogP) is 3.47. The highest BCUT2D eigenvalue weighted by molar-refractivity contribution is 9.10. The number of rotatable bonds is 3. The number of pyridine rings is 1. The maximum atomic E-state index is 9.17. The van der Waals surface area contributed by atoms with Crippen LogP contribution in [0.3, 0.4) is 0 Å². The molecule has 4 heteroatoms. The first kappa shape index (κ1) is 11.9. The van der Waals surface area contributed by atoms with Gasteiger partial charge in [-0.05, 0) is 52.2 Å². The summed E-state index contributed by atoms with van der Waals surface area (Å²) in [5.74, 6) is 1.13. The first-order valence-corrected chi connectivity index (χ1v) is 6.08. The van der Waals surface area contributed by atoms with Gasteiger partial charge in [-0.25, -0.2) is 4.98 Å². The molecule has 2 aromatic rings. The van der Waals surface area contributed by atoms with Crippen molar-refractivity contribution < 1.29 is 5.11 Å². The molecule has 1 heterocycles. The number of aromatic nitrogens is 1. The second kappa shape index (κ2) is 5.19. The van der Waals surface area contributed by atoms with E-state index in [-0.39, 0.29) is 5.75 Å². The van der Waals surface area contributed by atoms with Gasteiger partial charge in [0.25, 0.3) is 0 Å². The van der Waals surface area contributed by atoms with E-state index in [1.807, 2.05) is 25.1 Å². The second-order valence-electron chi connectivity index (χ2n) is 3.84. The third kappa shape index (κ3) is 3.20. The summed E-state index contributed by atoms with van der Waals surface area (Å²) in [6, 6.07) is 9.11. The Kier molecular flexibility index (Phi) is 3.64. The van der Waals surface area contributed by atoms with E-state index in [0.29, 0.717) is 6.54 Å². The van der Waals surface area contributed by atoms with Crippen LogP contribution >= 0.6 is 15.9 Å². The lowest BCUT2D eigenvalue weighted by molar-refractivity contribution is 0.475. The van der Waals surface area contributed by atoms with Crippen molar-refractivity contribution in [1.29, 1.82) is 0 Å². The Morgan fingerprint density at radius 1 is 1.29 bits per heavy atom. The first-order valence-electron chi connectivity index (χ1n) is 5.29. The maximum absolute atomic E-state index is 9.17. The molecular weight excluding hydrogens is 280 g/mol. The Balaban J connectivity index is 2.02. The van der Waals surface area contributed by atoms with Gasteiger partial charge in [0.2, 0.25) is 0 Å². The molecule has 2 N–H and O–H groups in total. The zero-order valence-corrected chi connectivity index (χ0v) is 11.0. The Labute approximate surface area is 109 Å². The van der Waals surface area contributed by atoms with Gasteiger partial charge in [-0.1, -0.05) is 12.1 Å². The summed E-state index contributed by atoms with van der Waals surface area (Å²) in [5, 5.41) is 12.4. The normalized spacial score (nSPS) is 10.2. The summed E-state index contributed by atoms with van der Waals surface area (Å²) < 4.78 is 1.01. The highest BCUT2D eigenvalue weighted by Crippen LogP contribution is 2.18. The highest BCUT2D eigenvalue weighted by atomic mass is 79.9. The van der Waals surface area contributed by atoms with Crippen molar-refractivity contribution in [3.63, 3.8) is 0 Å². The summed E-state index contributed by atoms with van der Waals surface area (Å²) in [5.41, 5.74) is 2.25. The van der Waals surface area contributed by atoms with Crippen LogP contribution in [0.1, 0.15) is 11.1 Å². The molecule has 1 aromatic heterocycles. The number of benzene rings is 1. The third-order valence-electron chi connectivity index (χ3n) is 2.46. The van der Waals surface area contributed by atoms with Crippen molar-refractivity contribution in [2.45, 2.75) is 13.5 Å². The summed E-state index contributed by atoms with van der Waals surface area (Å²) in [4.78, 5) is 4.26. The lowest BCUT2D eigenvalue weighted by atomic mass is 10.2. The van der Waals surface area contributed by atoms with E-state index >= 15 is 0 Å². The molecule has 1 aromatic carbocycles. The fourth-order valence-corrected chi connectivity index (χ4v) is 1.66. The van der Waals surface area contributed by atoms with Gasteiger partial charge in [-0.2, -0.15) is 0 Å². The number of hydrogen-bond acceptors (Lipinski definition) is 3. The second-order valence-corrected chi connectivity index (χ2v) is 4.69. The Morgan fingerprint density at radius 2 is 2.00 bits per heavy atom. The molecular formula is C13H13BrN2O. The molecule has 0 bridgehead atoms. The predicted molar refractivity (Wildman–Crippen MR) is 72.1 cm³/mol. The molecule has 0 amide bonds. The SMILES string of the molecule is Cc1cc(NCc2ccc(O)cc2)ncc1Br. The highest BCUT2D eigenvalue weighted by Gasteiger charge is 1.99. The summed E-state index contributed by atoms with van der Waals surface area (Å²) >= 11 is 3.42. The maximum Gasteiger partial charge on any atom is 0.126 e. The molecule has 3 nitrogen and oxygen atoms in total. The van der Waals surface area contributed by atoms with Crippen molar-refractivity contribution in [2.24, 2.45) is 0 Å². The number of halogens is 1. The minimum atomic E-state index is 0.284. The summed E-state index contributed by atoms with van der Waals surface area (Å²) in [7, 11) is 0. The molecule has 88 valence electrons. The minimum absolute atomic E-state index is 0.284. The van der Waals surface area contributed by atoms with Crippen LogP contribution < -0.4 is 5.32 Å². The number of phenols is 1. The van der Waals surface area contributed by atoms with Gasteiger partial charge >= 0.3 is 0 Å². The molecule has 2 rings (SSSR count). The third-order valence-corrected chi connectivity index (χ3v) is 3.29. The molecule has 0 aliphatic heterocycles. The van der Waals surface area contributed by atoms with Gasteiger partial charge in [0.15, 0.2) is 0 Å². The van der Waals surface area contributed by atoms with E-state index in [2.05, 4.69) is 26.2 Å². The number of phenolic OH excluding ortho intramolecular Hbond substituents is 1. The molecule has 0 aliphatic rings. The van der Waals surface area contributed by atoms with E-state index in [0.717, 1.165) is 21.4 Å². The molecule has 0 saturated heterocycles. The zero-order chi connectivity index (χ0) is 12.3. The van der Waals surface area contributed by atoms with Crippen molar-refractivity contribution in [3.8, 4) is 5.75 Å². The van der Waals surface area contributed by atoms with E-state index in [1.165, 1.54) is 0 Å². The van der Waals surface area contributed by atoms with Crippen LogP contribution in [0.4, 0.5) is 5.82 Å². The Morgan fingerprint density at radius 3 is 2.65 bits per heavy atom. The van der Waals surface area contributed by atoms with Crippen LogP contribution in [0, 0.1) is 6.92 Å². The number of hydrogen-bond donors (Lipinski definition) is 2. The fourth-order valence-electron chi connectivity index (χ4n) is 1.44. The van der Waals surface area contributed by atoms with E-state index in [9.17, 15) is 5.11 Å². The number of anilines is 1. The zero-order valence-electron chi connectivity index (χ0n) is 9.44. The first-order chi connectivity index (χ1) is 8.15. The van der Waals surface area contributed by atoms with Gasteiger partial charge in [0.1, 0.15) is 11.6 Å². The molecule has 0 fully saturated rings. The van der Waals surface area contributed by atoms with E-state index in [1.54, 1.807) is 18.3 Å². The quantitative estimate of drug-likeness (QED) is 0.910. The van der Waals surface area contributed by atoms with E-state index < -0.39 is 0 Å². The van der Waals surface area contributed by atoms with Crippen LogP contribution in [0.25, 0.3) is 0 Å². The molecule has 0 spiro atoms. The average Bonchev–Trinajstić information content (AvgIpc) is 2.33. The van der Waals surface area contributed by atoms with Gasteiger partial charge in [0, 0.05) is 17.2 Å². The number of nitrogens with one attached hydrogen (secondary N) is 1. The molecule has 0 radical (unpaired) electrons. The molecule has 0 atom stereocenters. The van der Waals surface area contributed by atoms with Crippen LogP contribution in [0.15, 0.2) is 41.0 Å². The summed E-state index contributed by atoms with van der Waals surface area (Å²) in [6.45, 7) is 2.71. The van der Waals surface area contributed by atoms with Crippen molar-refractivity contribution in [2.75, 3.05) is 5.32 Å². The lowest BCUT2D eigenvalue weighted by Gasteiger charge is -2.07. The van der Waals surface area contributed by atoms with Gasteiger partial charge in [-0.3, -0.25) is 0 Å². The van der Waals surface area contributed by atoms with Crippen LogP contribution in [-0.2, 0) is 6.54 Å². The Bertz CT molecular complexity index is 511. The van der Waals surface area contributed by atoms with Crippen molar-refractivity contribution >= 4 is 21.7 Å². The standard InChI is InChI=1S/C13H13BrN2O/c1-9-6-13(16-8-12(9)14)15-7-10-2-4-11(17)5-3-10/h2-6,8,17H,7H2,1H3,(H,15,16). The van der Waals surface area contributed by atoms with Crippen LogP contribution in [0.2, 0.25) is 0 Å². The Hall–Kier alpha value is -1.55. The van der Waals surface area contributed by atoms with Crippen molar-refractivity contribution in [3.05, 3.63) is 52.1 Å². The number of nitrogens with zero attached hydrogens (tertiary/aromatic N) is 1. The van der Waals surface area contributed by atoms with Gasteiger partial charge < -0.3 is 10.4 Å². The molecule has 0 unspecified atom stereocenters. The smallest absolute Gasteiger partial charge is 0.126 e. The molecule has 0 saturated carbocycles. The van der Waals surface area contributed by atoms with Crippen LogP contribution in [0.5, 0.6) is 5.75 Å². The monoisotopic (exact) mass is 292 g/mol. The topological polar surface area (TPSA) is 45.1 Å². The minimum Gasteiger partial charge on any atom is -0.508 e. The number of aromatic hydroxyl groups is 1. The van der Waals surface area contributed by atoms with Gasteiger partial charge in [0.05, 0.1) is 0 Å². The fraction of sp³-hybridized carbons (Fsp3) is 0.154. The average molecular weight is 293 g/mol. The van der Waals surface area contributed by atoms with Crippen molar-refractivity contribution in [1.82, 2.24) is 4.98 Å². The lowest BCUT2D eigenvalue weighted by Crippen LogP contribution is -2.01. The largest absolute Gasteiger partial charge is 0.508 e. The van der Waals surface area contributed by atoms with Gasteiger partial charge in [-0.15, -0.1) is 0 Å². The van der Waals surface area contributed by atoms with E-state index in [4.69, 9.17) is 0 Å². The summed E-state index contributed by atoms with van der Waals surface area (Å²) in [6.07, 6.45) is 1.79. The number of aryl methyl sites for hydroxylation is 1. The molecule has 17 heavy (non-hydrogen) atoms. The molecule has 0 aliphatic carbocycles. The van der Waals surface area contributed by atoms with Crippen LogP contribution in [-0.4, -0.2) is 10.1 Å².